The molecule has 0 aliphatic carbocycles. The van der Waals surface area contributed by atoms with Gasteiger partial charge in [-0.1, -0.05) is 24.3 Å². The third kappa shape index (κ3) is 6.05. The molecule has 2 aromatic rings. The first-order valence-corrected chi connectivity index (χ1v) is 9.48. The van der Waals surface area contributed by atoms with Gasteiger partial charge < -0.3 is 15.5 Å². The first-order valence-electron chi connectivity index (χ1n) is 9.48. The van der Waals surface area contributed by atoms with Crippen LogP contribution in [-0.2, 0) is 15.8 Å². The maximum atomic E-state index is 12.8. The number of likely N-dealkylation sites (tertiary alicyclic amines) is 1. The van der Waals surface area contributed by atoms with Crippen LogP contribution in [0.15, 0.2) is 54.6 Å². The van der Waals surface area contributed by atoms with Crippen LogP contribution < -0.4 is 15.5 Å². The van der Waals surface area contributed by atoms with Crippen LogP contribution in [0.2, 0.25) is 0 Å². The maximum absolute atomic E-state index is 12.8. The van der Waals surface area contributed by atoms with E-state index in [2.05, 4.69) is 10.6 Å². The Hall–Kier alpha value is -2.87. The van der Waals surface area contributed by atoms with Gasteiger partial charge in [-0.25, -0.2) is 0 Å². The molecule has 0 aromatic heterocycles. The van der Waals surface area contributed by atoms with E-state index < -0.39 is 11.7 Å². The highest BCUT2D eigenvalue weighted by molar-refractivity contribution is 5.93. The van der Waals surface area contributed by atoms with E-state index in [1.54, 1.807) is 0 Å². The van der Waals surface area contributed by atoms with E-state index in [0.717, 1.165) is 22.7 Å². The fourth-order valence-electron chi connectivity index (χ4n) is 3.44. The zero-order chi connectivity index (χ0) is 20.9. The number of nitrogens with one attached hydrogen (secondary N) is 3. The third-order valence-corrected chi connectivity index (χ3v) is 4.99. The molecule has 0 unspecified atom stereocenters. The topological polar surface area (TPSA) is 62.6 Å². The molecule has 29 heavy (non-hydrogen) atoms. The van der Waals surface area contributed by atoms with Crippen molar-refractivity contribution in [1.29, 1.82) is 0 Å². The second-order valence-electron chi connectivity index (χ2n) is 7.18. The lowest BCUT2D eigenvalue weighted by molar-refractivity contribution is -0.897. The quantitative estimate of drug-likeness (QED) is 0.715. The van der Waals surface area contributed by atoms with Gasteiger partial charge in [0, 0.05) is 30.1 Å². The maximum Gasteiger partial charge on any atom is 0.416 e. The van der Waals surface area contributed by atoms with Gasteiger partial charge in [-0.3, -0.25) is 9.59 Å². The summed E-state index contributed by atoms with van der Waals surface area (Å²) in [7, 11) is 0. The highest BCUT2D eigenvalue weighted by atomic mass is 19.4. The standard InChI is InChI=1S/C21H22F3N3O2/c22-21(23,24)16-5-4-8-18(13-16)25-19(28)14-27-11-9-15(10-12-27)20(29)26-17-6-2-1-3-7-17/h1-8,13,15H,9-12,14H2,(H,25,28)(H,26,29)/p+1. The molecule has 0 saturated carbocycles. The Labute approximate surface area is 166 Å². The molecular formula is C21H23F3N3O2+. The number of alkyl halides is 3. The Morgan fingerprint density at radius 1 is 0.931 bits per heavy atom. The predicted octanol–water partition coefficient (Wildman–Crippen LogP) is 2.58. The van der Waals surface area contributed by atoms with Crippen LogP contribution >= 0.6 is 0 Å². The summed E-state index contributed by atoms with van der Waals surface area (Å²) in [5, 5.41) is 5.43. The van der Waals surface area contributed by atoms with Crippen molar-refractivity contribution in [2.75, 3.05) is 30.3 Å². The van der Waals surface area contributed by atoms with Crippen molar-refractivity contribution >= 4 is 23.2 Å². The number of para-hydroxylation sites is 1. The van der Waals surface area contributed by atoms with Gasteiger partial charge in [0.25, 0.3) is 5.91 Å². The lowest BCUT2D eigenvalue weighted by atomic mass is 9.96. The van der Waals surface area contributed by atoms with E-state index in [1.807, 2.05) is 30.3 Å². The molecule has 0 radical (unpaired) electrons. The number of rotatable bonds is 5. The van der Waals surface area contributed by atoms with Crippen molar-refractivity contribution in [3.05, 3.63) is 60.2 Å². The molecule has 1 aliphatic rings. The monoisotopic (exact) mass is 406 g/mol. The summed E-state index contributed by atoms with van der Waals surface area (Å²) in [6, 6.07) is 13.8. The fraction of sp³-hybridized carbons (Fsp3) is 0.333. The summed E-state index contributed by atoms with van der Waals surface area (Å²) in [4.78, 5) is 25.6. The van der Waals surface area contributed by atoms with E-state index in [4.69, 9.17) is 0 Å². The van der Waals surface area contributed by atoms with E-state index in [1.165, 1.54) is 12.1 Å². The highest BCUT2D eigenvalue weighted by Gasteiger charge is 2.31. The molecule has 1 fully saturated rings. The van der Waals surface area contributed by atoms with Crippen LogP contribution in [0, 0.1) is 5.92 Å². The van der Waals surface area contributed by atoms with Crippen LogP contribution in [0.5, 0.6) is 0 Å². The number of amides is 2. The molecule has 8 heteroatoms. The molecule has 5 nitrogen and oxygen atoms in total. The molecule has 3 rings (SSSR count). The van der Waals surface area contributed by atoms with Crippen LogP contribution in [0.25, 0.3) is 0 Å². The smallest absolute Gasteiger partial charge is 0.327 e. The summed E-state index contributed by atoms with van der Waals surface area (Å²) in [6.45, 7) is 1.47. The number of anilines is 2. The third-order valence-electron chi connectivity index (χ3n) is 4.99. The van der Waals surface area contributed by atoms with E-state index in [-0.39, 0.29) is 30.0 Å². The van der Waals surface area contributed by atoms with Crippen LogP contribution in [0.1, 0.15) is 18.4 Å². The van der Waals surface area contributed by atoms with E-state index in [0.29, 0.717) is 25.9 Å². The van der Waals surface area contributed by atoms with Gasteiger partial charge in [-0.05, 0) is 30.3 Å². The Bertz CT molecular complexity index is 848. The van der Waals surface area contributed by atoms with Crippen molar-refractivity contribution in [2.45, 2.75) is 19.0 Å². The van der Waals surface area contributed by atoms with Gasteiger partial charge in [0.15, 0.2) is 6.54 Å². The lowest BCUT2D eigenvalue weighted by Crippen LogP contribution is -3.14. The zero-order valence-electron chi connectivity index (χ0n) is 15.8. The number of piperidine rings is 1. The molecular weight excluding hydrogens is 383 g/mol. The summed E-state index contributed by atoms with van der Waals surface area (Å²) in [6.07, 6.45) is -3.14. The minimum absolute atomic E-state index is 0.0244. The average Bonchev–Trinajstić information content (AvgIpc) is 2.69. The van der Waals surface area contributed by atoms with Crippen molar-refractivity contribution in [3.8, 4) is 0 Å². The number of hydrogen-bond acceptors (Lipinski definition) is 2. The highest BCUT2D eigenvalue weighted by Crippen LogP contribution is 2.30. The van der Waals surface area contributed by atoms with Gasteiger partial charge in [-0.2, -0.15) is 13.2 Å². The van der Waals surface area contributed by atoms with E-state index >= 15 is 0 Å². The number of hydrogen-bond donors (Lipinski definition) is 3. The molecule has 154 valence electrons. The van der Waals surface area contributed by atoms with Gasteiger partial charge >= 0.3 is 6.18 Å². The Morgan fingerprint density at radius 2 is 1.59 bits per heavy atom. The fourth-order valence-corrected chi connectivity index (χ4v) is 3.44. The number of carbonyl (C=O) groups is 2. The van der Waals surface area contributed by atoms with Gasteiger partial charge in [-0.15, -0.1) is 0 Å². The molecule has 0 atom stereocenters. The summed E-state index contributed by atoms with van der Waals surface area (Å²) >= 11 is 0. The molecule has 2 amide bonds. The van der Waals surface area contributed by atoms with Gasteiger partial charge in [0.05, 0.1) is 18.7 Å². The van der Waals surface area contributed by atoms with E-state index in [9.17, 15) is 22.8 Å². The Kier molecular flexibility index (Phi) is 6.53. The van der Waals surface area contributed by atoms with Crippen LogP contribution in [-0.4, -0.2) is 31.4 Å². The van der Waals surface area contributed by atoms with Crippen molar-refractivity contribution < 1.29 is 27.7 Å². The second kappa shape index (κ2) is 9.09. The van der Waals surface area contributed by atoms with Crippen molar-refractivity contribution in [1.82, 2.24) is 0 Å². The summed E-state index contributed by atoms with van der Waals surface area (Å²) < 4.78 is 38.3. The average molecular weight is 406 g/mol. The first kappa shape index (κ1) is 20.9. The SMILES string of the molecule is O=C(C[NH+]1CCC(C(=O)Nc2ccccc2)CC1)Nc1cccc(C(F)(F)F)c1. The van der Waals surface area contributed by atoms with Gasteiger partial charge in [0.2, 0.25) is 5.91 Å². The van der Waals surface area contributed by atoms with Crippen LogP contribution in [0.3, 0.4) is 0 Å². The van der Waals surface area contributed by atoms with Crippen LogP contribution in [0.4, 0.5) is 24.5 Å². The van der Waals surface area contributed by atoms with Crippen molar-refractivity contribution in [2.24, 2.45) is 5.92 Å². The normalized spacial score (nSPS) is 19.4. The van der Waals surface area contributed by atoms with Crippen molar-refractivity contribution in [3.63, 3.8) is 0 Å². The molecule has 1 heterocycles. The second-order valence-corrected chi connectivity index (χ2v) is 7.18. The Morgan fingerprint density at radius 3 is 2.24 bits per heavy atom. The summed E-state index contributed by atoms with van der Waals surface area (Å²) in [5.74, 6) is -0.472. The lowest BCUT2D eigenvalue weighted by Gasteiger charge is -2.28. The molecule has 0 spiro atoms. The molecule has 1 aliphatic heterocycles. The first-order chi connectivity index (χ1) is 13.8. The molecule has 3 N–H and O–H groups in total. The number of carbonyl (C=O) groups excluding carboxylic acids is 2. The zero-order valence-corrected chi connectivity index (χ0v) is 15.8. The minimum Gasteiger partial charge on any atom is -0.327 e. The molecule has 2 aromatic carbocycles. The summed E-state index contributed by atoms with van der Waals surface area (Å²) in [5.41, 5.74) is 0.0852. The minimum atomic E-state index is -4.45. The predicted molar refractivity (Wildman–Crippen MR) is 103 cm³/mol. The Balaban J connectivity index is 1.46. The molecule has 1 saturated heterocycles. The van der Waals surface area contributed by atoms with Gasteiger partial charge in [0.1, 0.15) is 0 Å². The number of benzene rings is 2. The largest absolute Gasteiger partial charge is 0.416 e. The molecule has 0 bridgehead atoms. The number of quaternary nitrogens is 1. The number of halogens is 3.